The van der Waals surface area contributed by atoms with Gasteiger partial charge in [0.15, 0.2) is 0 Å². The highest BCUT2D eigenvalue weighted by Crippen LogP contribution is 2.59. The molecule has 0 N–H and O–H groups in total. The summed E-state index contributed by atoms with van der Waals surface area (Å²) < 4.78 is 10.9. The summed E-state index contributed by atoms with van der Waals surface area (Å²) >= 11 is 2.38. The minimum absolute atomic E-state index is 0.0136. The molecule has 2 aliphatic carbocycles. The average molecular weight is 336 g/mol. The molecular formula is C11H13IO4. The molecule has 0 spiro atoms. The summed E-state index contributed by atoms with van der Waals surface area (Å²) in [5.74, 6) is 0.679. The Morgan fingerprint density at radius 1 is 1.56 bits per heavy atom. The number of carbonyl (C=O) groups is 2. The lowest BCUT2D eigenvalue weighted by atomic mass is 9.80. The van der Waals surface area contributed by atoms with Crippen LogP contribution in [0.1, 0.15) is 13.3 Å². The molecule has 1 saturated heterocycles. The third-order valence-corrected chi connectivity index (χ3v) is 5.80. The second-order valence-electron chi connectivity index (χ2n) is 4.90. The first-order chi connectivity index (χ1) is 7.59. The van der Waals surface area contributed by atoms with Crippen molar-refractivity contribution in [2.24, 2.45) is 23.7 Å². The number of hydrogen-bond acceptors (Lipinski definition) is 4. The summed E-state index contributed by atoms with van der Waals surface area (Å²) in [6, 6.07) is 0. The normalized spacial score (nSPS) is 48.2. The van der Waals surface area contributed by atoms with E-state index in [2.05, 4.69) is 22.6 Å². The van der Waals surface area contributed by atoms with Crippen LogP contribution in [0.4, 0.5) is 0 Å². The summed E-state index contributed by atoms with van der Waals surface area (Å²) in [7, 11) is 0. The summed E-state index contributed by atoms with van der Waals surface area (Å²) in [4.78, 5) is 22.6. The first kappa shape index (κ1) is 10.8. The Morgan fingerprint density at radius 2 is 2.31 bits per heavy atom. The zero-order valence-corrected chi connectivity index (χ0v) is 11.0. The van der Waals surface area contributed by atoms with E-state index in [1.807, 2.05) is 0 Å². The molecule has 3 aliphatic rings. The maximum atomic E-state index is 11.7. The van der Waals surface area contributed by atoms with Gasteiger partial charge in [0.25, 0.3) is 0 Å². The Bertz CT molecular complexity index is 356. The van der Waals surface area contributed by atoms with Gasteiger partial charge in [-0.1, -0.05) is 22.6 Å². The van der Waals surface area contributed by atoms with Crippen LogP contribution in [0, 0.1) is 23.7 Å². The Balaban J connectivity index is 1.80. The lowest BCUT2D eigenvalue weighted by Crippen LogP contribution is -2.36. The van der Waals surface area contributed by atoms with Gasteiger partial charge in [0.1, 0.15) is 6.10 Å². The number of hydrogen-bond donors (Lipinski definition) is 0. The Kier molecular flexibility index (Phi) is 2.42. The van der Waals surface area contributed by atoms with Crippen molar-refractivity contribution < 1.29 is 19.1 Å². The van der Waals surface area contributed by atoms with Crippen molar-refractivity contribution in [3.05, 3.63) is 0 Å². The van der Waals surface area contributed by atoms with Crippen LogP contribution in [0.5, 0.6) is 0 Å². The van der Waals surface area contributed by atoms with Crippen molar-refractivity contribution in [1.82, 2.24) is 0 Å². The fourth-order valence-electron chi connectivity index (χ4n) is 3.56. The van der Waals surface area contributed by atoms with Gasteiger partial charge in [-0.2, -0.15) is 0 Å². The molecule has 0 amide bonds. The van der Waals surface area contributed by atoms with E-state index >= 15 is 0 Å². The van der Waals surface area contributed by atoms with Crippen molar-refractivity contribution in [2.45, 2.75) is 23.4 Å². The van der Waals surface area contributed by atoms with Crippen LogP contribution in [0.15, 0.2) is 0 Å². The van der Waals surface area contributed by atoms with E-state index in [9.17, 15) is 9.59 Å². The fourth-order valence-corrected chi connectivity index (χ4v) is 5.07. The smallest absolute Gasteiger partial charge is 0.310 e. The summed E-state index contributed by atoms with van der Waals surface area (Å²) in [5.41, 5.74) is 0. The van der Waals surface area contributed by atoms with E-state index < -0.39 is 0 Å². The number of alkyl halides is 1. The van der Waals surface area contributed by atoms with Crippen molar-refractivity contribution in [3.8, 4) is 0 Å². The minimum Gasteiger partial charge on any atom is -0.466 e. The average Bonchev–Trinajstić information content (AvgIpc) is 2.79. The highest BCUT2D eigenvalue weighted by molar-refractivity contribution is 14.1. The first-order valence-corrected chi connectivity index (χ1v) is 6.82. The van der Waals surface area contributed by atoms with Crippen LogP contribution in [0.25, 0.3) is 0 Å². The van der Waals surface area contributed by atoms with Gasteiger partial charge < -0.3 is 9.47 Å². The maximum Gasteiger partial charge on any atom is 0.310 e. The molecule has 4 nitrogen and oxygen atoms in total. The van der Waals surface area contributed by atoms with Gasteiger partial charge in [-0.05, 0) is 12.3 Å². The van der Waals surface area contributed by atoms with Gasteiger partial charge >= 0.3 is 11.9 Å². The number of halogens is 1. The van der Waals surface area contributed by atoms with E-state index in [4.69, 9.17) is 9.47 Å². The molecule has 5 heteroatoms. The molecule has 1 heterocycles. The number of carbonyl (C=O) groups excluding carboxylic acids is 2. The fraction of sp³-hybridized carbons (Fsp3) is 0.818. The zero-order valence-electron chi connectivity index (χ0n) is 8.89. The number of rotatable bonds is 2. The predicted octanol–water partition coefficient (Wildman–Crippen LogP) is 1.16. The molecule has 16 heavy (non-hydrogen) atoms. The summed E-state index contributed by atoms with van der Waals surface area (Å²) in [6.07, 6.45) is 1.18. The molecule has 0 unspecified atom stereocenters. The van der Waals surface area contributed by atoms with Gasteiger partial charge in [0.2, 0.25) is 0 Å². The molecule has 0 radical (unpaired) electrons. The maximum absolute atomic E-state index is 11.7. The van der Waals surface area contributed by atoms with E-state index in [-0.39, 0.29) is 29.9 Å². The third-order valence-electron chi connectivity index (χ3n) is 4.17. The number of ether oxygens (including phenoxy) is 2. The van der Waals surface area contributed by atoms with E-state index in [1.54, 1.807) is 0 Å². The van der Waals surface area contributed by atoms with Crippen LogP contribution in [-0.4, -0.2) is 28.6 Å². The summed E-state index contributed by atoms with van der Waals surface area (Å²) in [6.45, 7) is 1.78. The second kappa shape index (κ2) is 3.58. The van der Waals surface area contributed by atoms with E-state index in [0.29, 0.717) is 22.4 Å². The van der Waals surface area contributed by atoms with Crippen molar-refractivity contribution in [1.29, 1.82) is 0 Å². The molecule has 2 bridgehead atoms. The van der Waals surface area contributed by atoms with Crippen molar-refractivity contribution in [2.75, 3.05) is 6.61 Å². The van der Waals surface area contributed by atoms with Crippen molar-refractivity contribution >= 4 is 34.5 Å². The molecule has 6 atom stereocenters. The zero-order chi connectivity index (χ0) is 11.4. The van der Waals surface area contributed by atoms with Gasteiger partial charge in [-0.3, -0.25) is 9.59 Å². The first-order valence-electron chi connectivity index (χ1n) is 5.57. The summed E-state index contributed by atoms with van der Waals surface area (Å²) in [5, 5.41) is 0. The standard InChI is InChI=1S/C11H13IO4/c1-4(13)15-3-7-5-2-6-8(7)11(14)16-10(6)9(5)12/h5-10H,2-3H2,1H3/t5-,6+,7-,8+,9-,10-/m0/s1. The molecule has 3 rings (SSSR count). The molecular weight excluding hydrogens is 323 g/mol. The number of esters is 2. The van der Waals surface area contributed by atoms with Crippen LogP contribution in [0.3, 0.4) is 0 Å². The molecule has 0 aromatic carbocycles. The van der Waals surface area contributed by atoms with Crippen LogP contribution < -0.4 is 0 Å². The lowest BCUT2D eigenvalue weighted by molar-refractivity contribution is -0.148. The molecule has 2 saturated carbocycles. The molecule has 88 valence electrons. The lowest BCUT2D eigenvalue weighted by Gasteiger charge is -2.27. The largest absolute Gasteiger partial charge is 0.466 e. The second-order valence-corrected chi connectivity index (χ2v) is 6.34. The molecule has 3 fully saturated rings. The Morgan fingerprint density at radius 3 is 3.00 bits per heavy atom. The van der Waals surface area contributed by atoms with Gasteiger partial charge in [-0.15, -0.1) is 0 Å². The van der Waals surface area contributed by atoms with Gasteiger partial charge in [-0.25, -0.2) is 0 Å². The topological polar surface area (TPSA) is 52.6 Å². The van der Waals surface area contributed by atoms with E-state index in [1.165, 1.54) is 6.92 Å². The van der Waals surface area contributed by atoms with E-state index in [0.717, 1.165) is 6.42 Å². The van der Waals surface area contributed by atoms with Gasteiger partial charge in [0.05, 0.1) is 16.4 Å². The molecule has 0 aromatic heterocycles. The van der Waals surface area contributed by atoms with Crippen LogP contribution in [-0.2, 0) is 19.1 Å². The van der Waals surface area contributed by atoms with Crippen LogP contribution in [0.2, 0.25) is 0 Å². The van der Waals surface area contributed by atoms with Crippen LogP contribution >= 0.6 is 22.6 Å². The SMILES string of the molecule is CC(=O)OC[C@H]1[C@@H]2C[C@H]3[C@H](OC(=O)[C@@H]13)[C@H]2I. The highest BCUT2D eigenvalue weighted by Gasteiger charge is 2.65. The highest BCUT2D eigenvalue weighted by atomic mass is 127. The molecule has 0 aromatic rings. The predicted molar refractivity (Wildman–Crippen MR) is 62.9 cm³/mol. The Hall–Kier alpha value is -0.330. The third kappa shape index (κ3) is 1.33. The van der Waals surface area contributed by atoms with Gasteiger partial charge in [0, 0.05) is 18.8 Å². The van der Waals surface area contributed by atoms with Crippen molar-refractivity contribution in [3.63, 3.8) is 0 Å². The quantitative estimate of drug-likeness (QED) is 0.431. The minimum atomic E-state index is -0.268. The molecule has 1 aliphatic heterocycles. The monoisotopic (exact) mass is 336 g/mol. The number of fused-ring (bicyclic) bond motifs is 1. The Labute approximate surface area is 107 Å².